The molecule has 3 aromatic carbocycles. The van der Waals surface area contributed by atoms with E-state index in [1.165, 1.54) is 37.3 Å². The Hall–Kier alpha value is -3.92. The van der Waals surface area contributed by atoms with Crippen molar-refractivity contribution in [3.05, 3.63) is 83.1 Å². The SMILES string of the molecule is CC1(C)N=C(N)N=C(N)N1c1ccc(OCc2ccc(S(=O)(=O)Oc3ccccc3F)cc2)c(Cl)c1.CCS(=O)(=O)O. The number of para-hydroxylation sites is 1. The van der Waals surface area contributed by atoms with Crippen LogP contribution in [0.1, 0.15) is 26.3 Å². The maximum Gasteiger partial charge on any atom is 0.339 e. The van der Waals surface area contributed by atoms with E-state index in [-0.39, 0.29) is 34.9 Å². The molecule has 0 radical (unpaired) electrons. The summed E-state index contributed by atoms with van der Waals surface area (Å²) in [6, 6.07) is 16.2. The molecule has 3 aromatic rings. The highest BCUT2D eigenvalue weighted by atomic mass is 35.5. The normalized spacial score (nSPS) is 14.7. The number of nitrogens with two attached hydrogens (primary N) is 2. The fraction of sp³-hybridized carbons (Fsp3) is 0.231. The summed E-state index contributed by atoms with van der Waals surface area (Å²) in [5.41, 5.74) is 12.3. The lowest BCUT2D eigenvalue weighted by Gasteiger charge is -2.38. The summed E-state index contributed by atoms with van der Waals surface area (Å²) in [4.78, 5) is 9.90. The lowest BCUT2D eigenvalue weighted by atomic mass is 10.1. The number of nitrogens with zero attached hydrogens (tertiary/aromatic N) is 3. The third-order valence-electron chi connectivity index (χ3n) is 5.57. The van der Waals surface area contributed by atoms with Crippen molar-refractivity contribution in [2.45, 2.75) is 37.9 Å². The van der Waals surface area contributed by atoms with Crippen LogP contribution in [0, 0.1) is 5.82 Å². The second-order valence-electron chi connectivity index (χ2n) is 9.16. The predicted molar refractivity (Wildman–Crippen MR) is 158 cm³/mol. The minimum Gasteiger partial charge on any atom is -0.487 e. The molecule has 12 nitrogen and oxygen atoms in total. The van der Waals surface area contributed by atoms with Gasteiger partial charge in [-0.25, -0.2) is 9.38 Å². The first-order chi connectivity index (χ1) is 19.5. The molecule has 0 amide bonds. The Morgan fingerprint density at radius 1 is 1.00 bits per heavy atom. The van der Waals surface area contributed by atoms with Gasteiger partial charge in [-0.15, -0.1) is 0 Å². The number of benzene rings is 3. The second kappa shape index (κ2) is 12.9. The molecule has 0 aliphatic carbocycles. The maximum atomic E-state index is 13.8. The molecule has 0 fully saturated rings. The molecule has 0 saturated carbocycles. The molecule has 16 heteroatoms. The molecule has 0 unspecified atom stereocenters. The van der Waals surface area contributed by atoms with E-state index in [4.69, 9.17) is 36.5 Å². The predicted octanol–water partition coefficient (Wildman–Crippen LogP) is 3.91. The quantitative estimate of drug-likeness (QED) is 0.240. The van der Waals surface area contributed by atoms with E-state index in [0.717, 1.165) is 6.07 Å². The van der Waals surface area contributed by atoms with E-state index in [9.17, 15) is 21.2 Å². The Labute approximate surface area is 248 Å². The largest absolute Gasteiger partial charge is 0.487 e. The van der Waals surface area contributed by atoms with Gasteiger partial charge in [0.25, 0.3) is 10.1 Å². The maximum absolute atomic E-state index is 13.8. The van der Waals surface area contributed by atoms with Gasteiger partial charge in [0.2, 0.25) is 11.9 Å². The van der Waals surface area contributed by atoms with Gasteiger partial charge in [-0.05, 0) is 68.8 Å². The summed E-state index contributed by atoms with van der Waals surface area (Å²) in [5.74, 6) is -0.659. The van der Waals surface area contributed by atoms with Gasteiger partial charge in [0.15, 0.2) is 11.6 Å². The number of ether oxygens (including phenoxy) is 1. The topological polar surface area (TPSA) is 187 Å². The summed E-state index contributed by atoms with van der Waals surface area (Å²) in [6.45, 7) is 5.17. The van der Waals surface area contributed by atoms with Gasteiger partial charge in [0, 0.05) is 5.69 Å². The molecule has 0 aromatic heterocycles. The first kappa shape index (κ1) is 32.6. The fourth-order valence-corrected chi connectivity index (χ4v) is 4.76. The average molecular weight is 642 g/mol. The van der Waals surface area contributed by atoms with E-state index in [1.807, 2.05) is 13.8 Å². The van der Waals surface area contributed by atoms with Crippen molar-refractivity contribution in [1.82, 2.24) is 0 Å². The smallest absolute Gasteiger partial charge is 0.339 e. The molecule has 5 N–H and O–H groups in total. The highest BCUT2D eigenvalue weighted by molar-refractivity contribution is 7.87. The van der Waals surface area contributed by atoms with E-state index < -0.39 is 31.7 Å². The van der Waals surface area contributed by atoms with E-state index >= 15 is 0 Å². The minimum atomic E-state index is -4.20. The van der Waals surface area contributed by atoms with Crippen molar-refractivity contribution in [2.75, 3.05) is 10.7 Å². The van der Waals surface area contributed by atoms with Crippen molar-refractivity contribution in [2.24, 2.45) is 21.5 Å². The molecule has 226 valence electrons. The molecule has 1 aliphatic rings. The lowest BCUT2D eigenvalue weighted by molar-refractivity contribution is 0.306. The van der Waals surface area contributed by atoms with Crippen molar-refractivity contribution >= 4 is 49.4 Å². The van der Waals surface area contributed by atoms with Crippen LogP contribution < -0.4 is 25.3 Å². The van der Waals surface area contributed by atoms with Gasteiger partial charge in [-0.2, -0.15) is 21.8 Å². The monoisotopic (exact) mass is 641 g/mol. The third-order valence-corrected chi connectivity index (χ3v) is 7.85. The van der Waals surface area contributed by atoms with Gasteiger partial charge < -0.3 is 20.4 Å². The Morgan fingerprint density at radius 3 is 2.17 bits per heavy atom. The summed E-state index contributed by atoms with van der Waals surface area (Å²) in [6.07, 6.45) is 0. The molecular weight excluding hydrogens is 613 g/mol. The average Bonchev–Trinajstić information content (AvgIpc) is 2.88. The summed E-state index contributed by atoms with van der Waals surface area (Å²) in [7, 11) is -7.86. The Bertz CT molecular complexity index is 1710. The zero-order chi connectivity index (χ0) is 31.3. The number of guanidine groups is 2. The van der Waals surface area contributed by atoms with Crippen LogP contribution in [0.15, 0.2) is 81.6 Å². The lowest BCUT2D eigenvalue weighted by Crippen LogP contribution is -2.54. The van der Waals surface area contributed by atoms with E-state index in [1.54, 1.807) is 35.2 Å². The minimum absolute atomic E-state index is 0.0948. The van der Waals surface area contributed by atoms with Gasteiger partial charge >= 0.3 is 10.1 Å². The first-order valence-corrected chi connectivity index (χ1v) is 15.6. The van der Waals surface area contributed by atoms with Crippen LogP contribution in [-0.4, -0.2) is 44.7 Å². The van der Waals surface area contributed by atoms with Gasteiger partial charge in [0.1, 0.15) is 22.9 Å². The van der Waals surface area contributed by atoms with Crippen LogP contribution in [0.4, 0.5) is 10.1 Å². The number of anilines is 1. The van der Waals surface area contributed by atoms with Gasteiger partial charge in [0.05, 0.1) is 10.8 Å². The van der Waals surface area contributed by atoms with Crippen LogP contribution in [-0.2, 0) is 26.8 Å². The highest BCUT2D eigenvalue weighted by Gasteiger charge is 2.33. The Kier molecular flexibility index (Phi) is 10.0. The van der Waals surface area contributed by atoms with Crippen molar-refractivity contribution < 1.29 is 34.7 Å². The molecule has 4 rings (SSSR count). The van der Waals surface area contributed by atoms with Crippen molar-refractivity contribution in [3.63, 3.8) is 0 Å². The second-order valence-corrected chi connectivity index (χ2v) is 12.9. The van der Waals surface area contributed by atoms with E-state index in [0.29, 0.717) is 22.0 Å². The molecule has 0 bridgehead atoms. The molecule has 42 heavy (non-hydrogen) atoms. The van der Waals surface area contributed by atoms with E-state index in [2.05, 4.69) is 9.98 Å². The number of hydrogen-bond acceptors (Lipinski definition) is 11. The molecular formula is C26H29ClFN5O7S2. The van der Waals surface area contributed by atoms with Crippen LogP contribution in [0.5, 0.6) is 11.5 Å². The number of rotatable bonds is 8. The first-order valence-electron chi connectivity index (χ1n) is 12.2. The number of halogens is 2. The van der Waals surface area contributed by atoms with Crippen LogP contribution in [0.2, 0.25) is 5.02 Å². The molecule has 1 heterocycles. The molecule has 0 atom stereocenters. The summed E-state index contributed by atoms with van der Waals surface area (Å²) >= 11 is 6.44. The summed E-state index contributed by atoms with van der Waals surface area (Å²) < 4.78 is 76.3. The standard InChI is InChI=1S/C24H23ClFN5O4S.C2H6O3S/c1-24(2)30-22(27)29-23(28)31(24)16-9-12-20(18(25)13-16)34-14-15-7-10-17(11-8-15)36(32,33)35-21-6-4-3-5-19(21)26;1-2-6(3,4)5/h3-13H,14H2,1-2H3,(H4,27,28,29,30);2H2,1H3,(H,3,4,5). The zero-order valence-electron chi connectivity index (χ0n) is 22.7. The highest BCUT2D eigenvalue weighted by Crippen LogP contribution is 2.34. The summed E-state index contributed by atoms with van der Waals surface area (Å²) in [5, 5.41) is 0.330. The third kappa shape index (κ3) is 8.55. The van der Waals surface area contributed by atoms with Gasteiger partial charge in [-0.1, -0.05) is 35.9 Å². The number of hydrogen-bond donors (Lipinski definition) is 3. The van der Waals surface area contributed by atoms with Crippen LogP contribution >= 0.6 is 11.6 Å². The zero-order valence-corrected chi connectivity index (χ0v) is 25.1. The van der Waals surface area contributed by atoms with Crippen molar-refractivity contribution in [3.8, 4) is 11.5 Å². The molecule has 0 spiro atoms. The Balaban J connectivity index is 0.000000730. The van der Waals surface area contributed by atoms with Crippen LogP contribution in [0.25, 0.3) is 0 Å². The fourth-order valence-electron chi connectivity index (χ4n) is 3.59. The number of aliphatic imine (C=N–C) groups is 2. The molecule has 0 saturated heterocycles. The molecule has 1 aliphatic heterocycles. The van der Waals surface area contributed by atoms with Gasteiger partial charge in [-0.3, -0.25) is 9.45 Å². The Morgan fingerprint density at radius 2 is 1.62 bits per heavy atom. The van der Waals surface area contributed by atoms with Crippen molar-refractivity contribution in [1.29, 1.82) is 0 Å². The van der Waals surface area contributed by atoms with Crippen LogP contribution in [0.3, 0.4) is 0 Å².